The van der Waals surface area contributed by atoms with Gasteiger partial charge in [-0.25, -0.2) is 0 Å². The largest absolute Gasteiger partial charge is 0.358 e. The van der Waals surface area contributed by atoms with Crippen LogP contribution < -0.4 is 5.32 Å². The van der Waals surface area contributed by atoms with E-state index < -0.39 is 5.41 Å². The van der Waals surface area contributed by atoms with E-state index in [1.807, 2.05) is 36.4 Å². The van der Waals surface area contributed by atoms with Crippen LogP contribution in [0.4, 0.5) is 5.69 Å². The third-order valence-electron chi connectivity index (χ3n) is 4.66. The molecule has 0 radical (unpaired) electrons. The van der Waals surface area contributed by atoms with Gasteiger partial charge in [0.2, 0.25) is 5.91 Å². The Morgan fingerprint density at radius 2 is 1.83 bits per heavy atom. The summed E-state index contributed by atoms with van der Waals surface area (Å²) in [6.45, 7) is 2.06. The van der Waals surface area contributed by atoms with Gasteiger partial charge in [0.15, 0.2) is 0 Å². The number of aryl methyl sites for hydroxylation is 1. The molecule has 3 nitrogen and oxygen atoms in total. The summed E-state index contributed by atoms with van der Waals surface area (Å²) in [6.07, 6.45) is 1.80. The van der Waals surface area contributed by atoms with E-state index in [-0.39, 0.29) is 5.91 Å². The zero-order valence-corrected chi connectivity index (χ0v) is 14.4. The maximum absolute atomic E-state index is 12.9. The number of carbonyl (C=O) groups excluding carboxylic acids is 1. The number of hydrogen-bond donors (Lipinski definition) is 2. The molecule has 1 aliphatic rings. The zero-order chi connectivity index (χ0) is 16.0. The Hall–Kier alpha value is -2.07. The van der Waals surface area contributed by atoms with Crippen molar-refractivity contribution in [3.63, 3.8) is 0 Å². The standard InChI is InChI=1S/C19H17BrN2O/c1-12-17(15-4-2-3-5-16(15)21-12)19(10-11-19)18(23)22-14-8-6-13(20)7-9-14/h2-9,21H,10-11H2,1H3,(H,22,23). The van der Waals surface area contributed by atoms with Crippen molar-refractivity contribution in [2.24, 2.45) is 0 Å². The van der Waals surface area contributed by atoms with Gasteiger partial charge in [0.25, 0.3) is 0 Å². The number of rotatable bonds is 3. The molecule has 0 saturated heterocycles. The van der Waals surface area contributed by atoms with E-state index in [2.05, 4.69) is 45.3 Å². The number of halogens is 1. The van der Waals surface area contributed by atoms with Gasteiger partial charge in [-0.3, -0.25) is 4.79 Å². The maximum atomic E-state index is 12.9. The lowest BCUT2D eigenvalue weighted by molar-refractivity contribution is -0.118. The molecule has 3 aromatic rings. The molecule has 116 valence electrons. The normalized spacial score (nSPS) is 15.6. The van der Waals surface area contributed by atoms with Gasteiger partial charge in [0.1, 0.15) is 0 Å². The highest BCUT2D eigenvalue weighted by atomic mass is 79.9. The molecule has 1 amide bonds. The summed E-state index contributed by atoms with van der Waals surface area (Å²) in [5, 5.41) is 4.24. The number of benzene rings is 2. The van der Waals surface area contributed by atoms with E-state index in [1.165, 1.54) is 0 Å². The van der Waals surface area contributed by atoms with Crippen molar-refractivity contribution < 1.29 is 4.79 Å². The molecule has 23 heavy (non-hydrogen) atoms. The predicted molar refractivity (Wildman–Crippen MR) is 96.7 cm³/mol. The number of anilines is 1. The van der Waals surface area contributed by atoms with Gasteiger partial charge in [0.05, 0.1) is 5.41 Å². The molecular formula is C19H17BrN2O. The minimum Gasteiger partial charge on any atom is -0.358 e. The summed E-state index contributed by atoms with van der Waals surface area (Å²) in [6, 6.07) is 15.9. The van der Waals surface area contributed by atoms with Crippen LogP contribution in [-0.4, -0.2) is 10.9 Å². The minimum atomic E-state index is -0.392. The van der Waals surface area contributed by atoms with Crippen LogP contribution in [0.25, 0.3) is 10.9 Å². The van der Waals surface area contributed by atoms with Crippen LogP contribution in [-0.2, 0) is 10.2 Å². The number of para-hydroxylation sites is 1. The zero-order valence-electron chi connectivity index (χ0n) is 12.8. The third kappa shape index (κ3) is 2.38. The lowest BCUT2D eigenvalue weighted by Crippen LogP contribution is -2.28. The van der Waals surface area contributed by atoms with Crippen LogP contribution in [0.3, 0.4) is 0 Å². The number of hydrogen-bond acceptors (Lipinski definition) is 1. The molecule has 1 fully saturated rings. The van der Waals surface area contributed by atoms with Crippen LogP contribution in [0.1, 0.15) is 24.1 Å². The van der Waals surface area contributed by atoms with Gasteiger partial charge in [-0.05, 0) is 55.7 Å². The Morgan fingerprint density at radius 3 is 2.52 bits per heavy atom. The Bertz CT molecular complexity index is 891. The van der Waals surface area contributed by atoms with E-state index >= 15 is 0 Å². The first-order valence-electron chi connectivity index (χ1n) is 7.75. The average molecular weight is 369 g/mol. The van der Waals surface area contributed by atoms with Crippen LogP contribution in [0.15, 0.2) is 53.0 Å². The number of aromatic amines is 1. The van der Waals surface area contributed by atoms with Crippen LogP contribution in [0, 0.1) is 6.92 Å². The second-order valence-electron chi connectivity index (χ2n) is 6.21. The number of carbonyl (C=O) groups is 1. The van der Waals surface area contributed by atoms with Crippen LogP contribution in [0.2, 0.25) is 0 Å². The highest BCUT2D eigenvalue weighted by molar-refractivity contribution is 9.10. The first kappa shape index (κ1) is 14.5. The van der Waals surface area contributed by atoms with Crippen molar-refractivity contribution in [3.8, 4) is 0 Å². The molecule has 0 aliphatic heterocycles. The molecular weight excluding hydrogens is 352 g/mol. The molecule has 0 unspecified atom stereocenters. The molecule has 4 heteroatoms. The Balaban J connectivity index is 1.71. The lowest BCUT2D eigenvalue weighted by atomic mass is 9.92. The first-order valence-corrected chi connectivity index (χ1v) is 8.54. The summed E-state index contributed by atoms with van der Waals surface area (Å²) in [5.74, 6) is 0.0904. The maximum Gasteiger partial charge on any atom is 0.235 e. The third-order valence-corrected chi connectivity index (χ3v) is 5.19. The fourth-order valence-electron chi connectivity index (χ4n) is 3.39. The fourth-order valence-corrected chi connectivity index (χ4v) is 3.66. The van der Waals surface area contributed by atoms with E-state index in [1.54, 1.807) is 0 Å². The molecule has 4 rings (SSSR count). The van der Waals surface area contributed by atoms with Gasteiger partial charge in [-0.1, -0.05) is 34.1 Å². The van der Waals surface area contributed by atoms with E-state index in [9.17, 15) is 4.79 Å². The van der Waals surface area contributed by atoms with Crippen molar-refractivity contribution >= 4 is 38.4 Å². The summed E-state index contributed by atoms with van der Waals surface area (Å²) in [7, 11) is 0. The number of H-pyrrole nitrogens is 1. The smallest absolute Gasteiger partial charge is 0.235 e. The van der Waals surface area contributed by atoms with Gasteiger partial charge < -0.3 is 10.3 Å². The molecule has 0 atom stereocenters. The number of amides is 1. The van der Waals surface area contributed by atoms with Crippen molar-refractivity contribution in [1.82, 2.24) is 4.98 Å². The minimum absolute atomic E-state index is 0.0904. The topological polar surface area (TPSA) is 44.9 Å². The predicted octanol–water partition coefficient (Wildman–Crippen LogP) is 4.91. The van der Waals surface area contributed by atoms with Crippen molar-refractivity contribution in [3.05, 3.63) is 64.3 Å². The SMILES string of the molecule is Cc1[nH]c2ccccc2c1C1(C(=O)Nc2ccc(Br)cc2)CC1. The summed E-state index contributed by atoms with van der Waals surface area (Å²) in [4.78, 5) is 16.4. The second-order valence-corrected chi connectivity index (χ2v) is 7.13. The summed E-state index contributed by atoms with van der Waals surface area (Å²) < 4.78 is 1.00. The molecule has 0 bridgehead atoms. The monoisotopic (exact) mass is 368 g/mol. The molecule has 0 spiro atoms. The number of nitrogens with one attached hydrogen (secondary N) is 2. The molecule has 1 aromatic heterocycles. The van der Waals surface area contributed by atoms with Gasteiger partial charge in [-0.2, -0.15) is 0 Å². The fraction of sp³-hybridized carbons (Fsp3) is 0.211. The van der Waals surface area contributed by atoms with Gasteiger partial charge in [0, 0.05) is 26.8 Å². The Labute approximate surface area is 143 Å². The molecule has 1 saturated carbocycles. The van der Waals surface area contributed by atoms with Gasteiger partial charge in [-0.15, -0.1) is 0 Å². The number of aromatic nitrogens is 1. The molecule has 1 aliphatic carbocycles. The van der Waals surface area contributed by atoms with Crippen molar-refractivity contribution in [2.45, 2.75) is 25.2 Å². The van der Waals surface area contributed by atoms with Gasteiger partial charge >= 0.3 is 0 Å². The van der Waals surface area contributed by atoms with E-state index in [0.29, 0.717) is 0 Å². The molecule has 2 aromatic carbocycles. The van der Waals surface area contributed by atoms with Crippen LogP contribution in [0.5, 0.6) is 0 Å². The van der Waals surface area contributed by atoms with E-state index in [4.69, 9.17) is 0 Å². The van der Waals surface area contributed by atoms with Crippen LogP contribution >= 0.6 is 15.9 Å². The first-order chi connectivity index (χ1) is 11.1. The van der Waals surface area contributed by atoms with Crippen molar-refractivity contribution in [1.29, 1.82) is 0 Å². The Morgan fingerprint density at radius 1 is 1.13 bits per heavy atom. The highest BCUT2D eigenvalue weighted by Crippen LogP contribution is 2.52. The second kappa shape index (κ2) is 5.24. The van der Waals surface area contributed by atoms with Crippen molar-refractivity contribution in [2.75, 3.05) is 5.32 Å². The number of fused-ring (bicyclic) bond motifs is 1. The van der Waals surface area contributed by atoms with E-state index in [0.717, 1.165) is 45.2 Å². The summed E-state index contributed by atoms with van der Waals surface area (Å²) >= 11 is 3.41. The quantitative estimate of drug-likeness (QED) is 0.677. The lowest BCUT2D eigenvalue weighted by Gasteiger charge is -2.16. The molecule has 2 N–H and O–H groups in total. The summed E-state index contributed by atoms with van der Waals surface area (Å²) in [5.41, 5.74) is 3.79. The average Bonchev–Trinajstić information content (AvgIpc) is 3.26. The molecule has 1 heterocycles. The highest BCUT2D eigenvalue weighted by Gasteiger charge is 2.53. The Kier molecular flexibility index (Phi) is 3.31.